The summed E-state index contributed by atoms with van der Waals surface area (Å²) in [5.74, 6) is -0.388. The van der Waals surface area contributed by atoms with Gasteiger partial charge in [-0.15, -0.1) is 11.8 Å². The highest BCUT2D eigenvalue weighted by Gasteiger charge is 2.30. The molecule has 3 rings (SSSR count). The van der Waals surface area contributed by atoms with Crippen LogP contribution in [0.4, 0.5) is 8.78 Å². The lowest BCUT2D eigenvalue weighted by molar-refractivity contribution is -0.139. The molecule has 1 atom stereocenters. The summed E-state index contributed by atoms with van der Waals surface area (Å²) in [7, 11) is 0. The summed E-state index contributed by atoms with van der Waals surface area (Å²) >= 11 is 1.41. The first-order chi connectivity index (χ1) is 16.5. The molecule has 0 fully saturated rings. The highest BCUT2D eigenvalue weighted by atomic mass is 32.2. The van der Waals surface area contributed by atoms with E-state index in [0.29, 0.717) is 18.7 Å². The minimum absolute atomic E-state index is 0.156. The van der Waals surface area contributed by atoms with Crippen molar-refractivity contribution >= 4 is 23.6 Å². The average Bonchev–Trinajstić information content (AvgIpc) is 2.84. The Morgan fingerprint density at radius 2 is 1.44 bits per heavy atom. The largest absolute Gasteiger partial charge is 0.355 e. The molecule has 0 aliphatic carbocycles. The third-order valence-corrected chi connectivity index (χ3v) is 6.28. The van der Waals surface area contributed by atoms with Gasteiger partial charge in [0.2, 0.25) is 11.8 Å². The van der Waals surface area contributed by atoms with Crippen LogP contribution in [0, 0.1) is 11.6 Å². The van der Waals surface area contributed by atoms with Crippen molar-refractivity contribution in [3.05, 3.63) is 107 Å². The fourth-order valence-corrected chi connectivity index (χ4v) is 4.42. The molecule has 0 aliphatic heterocycles. The van der Waals surface area contributed by atoms with Gasteiger partial charge in [-0.25, -0.2) is 8.78 Å². The summed E-state index contributed by atoms with van der Waals surface area (Å²) in [5.41, 5.74) is 2.59. The zero-order valence-corrected chi connectivity index (χ0v) is 19.9. The number of thioether (sulfide) groups is 1. The van der Waals surface area contributed by atoms with Gasteiger partial charge in [0, 0.05) is 25.3 Å². The maximum absolute atomic E-state index is 13.4. The first-order valence-corrected chi connectivity index (χ1v) is 12.3. The van der Waals surface area contributed by atoms with E-state index in [1.165, 1.54) is 36.0 Å². The van der Waals surface area contributed by atoms with Crippen molar-refractivity contribution in [2.45, 2.75) is 31.7 Å². The maximum Gasteiger partial charge on any atom is 0.243 e. The Morgan fingerprint density at radius 1 is 0.853 bits per heavy atom. The molecule has 1 N–H and O–H groups in total. The van der Waals surface area contributed by atoms with Crippen LogP contribution in [0.25, 0.3) is 0 Å². The molecule has 0 spiro atoms. The first kappa shape index (κ1) is 25.4. The number of benzene rings is 3. The molecule has 7 heteroatoms. The summed E-state index contributed by atoms with van der Waals surface area (Å²) in [4.78, 5) is 28.0. The second kappa shape index (κ2) is 12.9. The van der Waals surface area contributed by atoms with Gasteiger partial charge in [-0.2, -0.15) is 0 Å². The van der Waals surface area contributed by atoms with Crippen molar-refractivity contribution in [1.82, 2.24) is 10.2 Å². The van der Waals surface area contributed by atoms with Gasteiger partial charge < -0.3 is 10.2 Å². The minimum atomic E-state index is -0.716. The van der Waals surface area contributed by atoms with Gasteiger partial charge in [-0.3, -0.25) is 9.59 Å². The standard InChI is InChI=1S/C27H28F2N2O2S/c1-2-30-27(33)25(16-20-6-4-3-5-7-20)31(17-21-8-12-23(28)13-9-21)26(32)19-34-18-22-10-14-24(29)15-11-22/h3-15,25H,2,16-19H2,1H3,(H,30,33)/t25-/m0/s1. The molecule has 34 heavy (non-hydrogen) atoms. The summed E-state index contributed by atoms with van der Waals surface area (Å²) in [6.07, 6.45) is 0.363. The van der Waals surface area contributed by atoms with Crippen molar-refractivity contribution in [2.24, 2.45) is 0 Å². The van der Waals surface area contributed by atoms with E-state index in [4.69, 9.17) is 0 Å². The second-order valence-electron chi connectivity index (χ2n) is 7.87. The minimum Gasteiger partial charge on any atom is -0.355 e. The van der Waals surface area contributed by atoms with Crippen LogP contribution >= 0.6 is 11.8 Å². The Balaban J connectivity index is 1.81. The first-order valence-electron chi connectivity index (χ1n) is 11.1. The number of nitrogens with zero attached hydrogens (tertiary/aromatic N) is 1. The van der Waals surface area contributed by atoms with Crippen molar-refractivity contribution in [2.75, 3.05) is 12.3 Å². The lowest BCUT2D eigenvalue weighted by atomic mass is 10.0. The number of hydrogen-bond acceptors (Lipinski definition) is 3. The van der Waals surface area contributed by atoms with E-state index in [1.54, 1.807) is 29.2 Å². The van der Waals surface area contributed by atoms with E-state index in [9.17, 15) is 18.4 Å². The normalized spacial score (nSPS) is 11.6. The molecule has 0 aromatic heterocycles. The van der Waals surface area contributed by atoms with E-state index in [2.05, 4.69) is 5.32 Å². The SMILES string of the molecule is CCNC(=O)[C@H](Cc1ccccc1)N(Cc1ccc(F)cc1)C(=O)CSCc1ccc(F)cc1. The fraction of sp³-hybridized carbons (Fsp3) is 0.259. The lowest BCUT2D eigenvalue weighted by Crippen LogP contribution is -2.51. The van der Waals surface area contributed by atoms with E-state index < -0.39 is 6.04 Å². The Labute approximate surface area is 203 Å². The van der Waals surface area contributed by atoms with E-state index in [1.807, 2.05) is 37.3 Å². The Kier molecular flexibility index (Phi) is 9.64. The molecule has 0 unspecified atom stereocenters. The van der Waals surface area contributed by atoms with Crippen molar-refractivity contribution < 1.29 is 18.4 Å². The summed E-state index contributed by atoms with van der Waals surface area (Å²) < 4.78 is 26.6. The molecular formula is C27H28F2N2O2S. The number of halogens is 2. The van der Waals surface area contributed by atoms with Crippen LogP contribution in [0.3, 0.4) is 0 Å². The van der Waals surface area contributed by atoms with Gasteiger partial charge in [-0.05, 0) is 47.9 Å². The number of carbonyl (C=O) groups is 2. The molecule has 0 saturated heterocycles. The van der Waals surface area contributed by atoms with Crippen LogP contribution in [0.15, 0.2) is 78.9 Å². The van der Waals surface area contributed by atoms with Gasteiger partial charge in [0.05, 0.1) is 5.75 Å². The zero-order chi connectivity index (χ0) is 24.3. The van der Waals surface area contributed by atoms with Gasteiger partial charge in [0.25, 0.3) is 0 Å². The fourth-order valence-electron chi connectivity index (χ4n) is 3.55. The van der Waals surface area contributed by atoms with Crippen LogP contribution < -0.4 is 5.32 Å². The third-order valence-electron chi connectivity index (χ3n) is 5.30. The van der Waals surface area contributed by atoms with Crippen molar-refractivity contribution in [3.63, 3.8) is 0 Å². The molecule has 2 amide bonds. The molecular weight excluding hydrogens is 454 g/mol. The Hall–Kier alpha value is -3.19. The predicted molar refractivity (Wildman–Crippen MR) is 132 cm³/mol. The Morgan fingerprint density at radius 3 is 2.03 bits per heavy atom. The van der Waals surface area contributed by atoms with E-state index >= 15 is 0 Å². The number of likely N-dealkylation sites (N-methyl/N-ethyl adjacent to an activating group) is 1. The van der Waals surface area contributed by atoms with E-state index in [0.717, 1.165) is 16.7 Å². The van der Waals surface area contributed by atoms with Crippen molar-refractivity contribution in [3.8, 4) is 0 Å². The average molecular weight is 483 g/mol. The highest BCUT2D eigenvalue weighted by Crippen LogP contribution is 2.19. The molecule has 0 aliphatic rings. The van der Waals surface area contributed by atoms with Crippen LogP contribution in [0.5, 0.6) is 0 Å². The molecule has 4 nitrogen and oxygen atoms in total. The molecule has 3 aromatic carbocycles. The summed E-state index contributed by atoms with van der Waals surface area (Å²) in [6, 6.07) is 20.9. The van der Waals surface area contributed by atoms with Crippen LogP contribution in [0.1, 0.15) is 23.6 Å². The van der Waals surface area contributed by atoms with Crippen LogP contribution in [-0.4, -0.2) is 35.1 Å². The highest BCUT2D eigenvalue weighted by molar-refractivity contribution is 7.99. The van der Waals surface area contributed by atoms with Gasteiger partial charge in [0.15, 0.2) is 0 Å². The Bertz CT molecular complexity index is 1060. The summed E-state index contributed by atoms with van der Waals surface area (Å²) in [6.45, 7) is 2.47. The number of rotatable bonds is 11. The predicted octanol–water partition coefficient (Wildman–Crippen LogP) is 4.97. The van der Waals surface area contributed by atoms with Gasteiger partial charge >= 0.3 is 0 Å². The van der Waals surface area contributed by atoms with E-state index in [-0.39, 0.29) is 35.7 Å². The third kappa shape index (κ3) is 7.70. The summed E-state index contributed by atoms with van der Waals surface area (Å²) in [5, 5.41) is 2.85. The number of nitrogens with one attached hydrogen (secondary N) is 1. The molecule has 3 aromatic rings. The molecule has 0 heterocycles. The second-order valence-corrected chi connectivity index (χ2v) is 8.85. The monoisotopic (exact) mass is 482 g/mol. The number of carbonyl (C=O) groups excluding carboxylic acids is 2. The van der Waals surface area contributed by atoms with Gasteiger partial charge in [0.1, 0.15) is 17.7 Å². The maximum atomic E-state index is 13.4. The van der Waals surface area contributed by atoms with Gasteiger partial charge in [-0.1, -0.05) is 54.6 Å². The zero-order valence-electron chi connectivity index (χ0n) is 19.0. The topological polar surface area (TPSA) is 49.4 Å². The molecule has 0 radical (unpaired) electrons. The molecule has 0 bridgehead atoms. The van der Waals surface area contributed by atoms with Crippen LogP contribution in [-0.2, 0) is 28.3 Å². The smallest absolute Gasteiger partial charge is 0.243 e. The number of amides is 2. The van der Waals surface area contributed by atoms with Crippen LogP contribution in [0.2, 0.25) is 0 Å². The quantitative estimate of drug-likeness (QED) is 0.420. The van der Waals surface area contributed by atoms with Crippen molar-refractivity contribution in [1.29, 1.82) is 0 Å². The molecule has 178 valence electrons. The molecule has 0 saturated carbocycles. The lowest BCUT2D eigenvalue weighted by Gasteiger charge is -2.31. The number of hydrogen-bond donors (Lipinski definition) is 1.